The molecule has 1 N–H and O–H groups in total. The highest BCUT2D eigenvalue weighted by atomic mass is 19.1. The molecule has 12 nitrogen and oxygen atoms in total. The molecule has 1 fully saturated rings. The minimum Gasteiger partial charge on any atom is -0.472 e. The smallest absolute Gasteiger partial charge is 0.420 e. The van der Waals surface area contributed by atoms with Crippen molar-refractivity contribution in [2.45, 2.75) is 91.5 Å². The van der Waals surface area contributed by atoms with Gasteiger partial charge in [0.05, 0.1) is 18.4 Å². The molecule has 0 radical (unpaired) electrons. The molecule has 5 rings (SSSR count). The van der Waals surface area contributed by atoms with Crippen LogP contribution in [0.4, 0.5) is 31.2 Å². The predicted octanol–water partition coefficient (Wildman–Crippen LogP) is 8.10. The number of benzene rings is 2. The first kappa shape index (κ1) is 36.1. The molecule has 1 aliphatic rings. The maximum absolute atomic E-state index is 14.1. The molecule has 2 aromatic heterocycles. The van der Waals surface area contributed by atoms with E-state index in [1.807, 2.05) is 34.6 Å². The maximum Gasteiger partial charge on any atom is 0.420 e. The fourth-order valence-corrected chi connectivity index (χ4v) is 5.43. The Morgan fingerprint density at radius 2 is 1.68 bits per heavy atom. The molecule has 50 heavy (non-hydrogen) atoms. The largest absolute Gasteiger partial charge is 0.472 e. The van der Waals surface area contributed by atoms with Crippen LogP contribution in [0.15, 0.2) is 60.8 Å². The molecule has 0 saturated carbocycles. The first-order valence-electron chi connectivity index (χ1n) is 16.7. The summed E-state index contributed by atoms with van der Waals surface area (Å²) < 4.78 is 33.0. The second kappa shape index (κ2) is 14.3. The standard InChI is InChI=1S/C37H45FN6O6/c1-23(2)29-21-39-44-31(20-30(41-32(29)44)48-28-13-10-18-42(22-28)34(46)49-36(3,4)5)43(35(47)50-37(6,7)8)27-12-9-11-26(19-27)40-33(45)24-14-16-25(38)17-15-24/h9,11-12,14-17,19-21,23,28H,10,13,18,22H2,1-8H3,(H,40,45)/t28-/m0/s1. The molecule has 266 valence electrons. The topological polar surface area (TPSA) is 128 Å². The van der Waals surface area contributed by atoms with Crippen molar-refractivity contribution in [3.8, 4) is 5.88 Å². The third-order valence-electron chi connectivity index (χ3n) is 7.67. The Morgan fingerprint density at radius 3 is 2.34 bits per heavy atom. The first-order valence-corrected chi connectivity index (χ1v) is 16.7. The quantitative estimate of drug-likeness (QED) is 0.206. The van der Waals surface area contributed by atoms with Crippen molar-refractivity contribution in [2.24, 2.45) is 0 Å². The summed E-state index contributed by atoms with van der Waals surface area (Å²) in [5.74, 6) is -0.338. The summed E-state index contributed by atoms with van der Waals surface area (Å²) in [6.45, 7) is 15.7. The molecule has 3 amide bonds. The number of amides is 3. The highest BCUT2D eigenvalue weighted by Gasteiger charge is 2.32. The Balaban J connectivity index is 1.55. The Hall–Kier alpha value is -5.20. The molecule has 3 heterocycles. The fourth-order valence-electron chi connectivity index (χ4n) is 5.43. The summed E-state index contributed by atoms with van der Waals surface area (Å²) in [6.07, 6.45) is 1.61. The molecular weight excluding hydrogens is 643 g/mol. The van der Waals surface area contributed by atoms with Gasteiger partial charge in [-0.3, -0.25) is 4.79 Å². The number of ether oxygens (including phenoxy) is 3. The molecular formula is C37H45FN6O6. The predicted molar refractivity (Wildman–Crippen MR) is 188 cm³/mol. The number of nitrogens with one attached hydrogen (secondary N) is 1. The summed E-state index contributed by atoms with van der Waals surface area (Å²) in [7, 11) is 0. The van der Waals surface area contributed by atoms with Crippen LogP contribution in [-0.2, 0) is 9.47 Å². The van der Waals surface area contributed by atoms with Crippen LogP contribution in [0.1, 0.15) is 90.1 Å². The van der Waals surface area contributed by atoms with Gasteiger partial charge < -0.3 is 24.4 Å². The van der Waals surface area contributed by atoms with Gasteiger partial charge in [0, 0.05) is 29.4 Å². The van der Waals surface area contributed by atoms with Crippen molar-refractivity contribution >= 4 is 40.9 Å². The van der Waals surface area contributed by atoms with Crippen molar-refractivity contribution in [1.29, 1.82) is 0 Å². The normalized spacial score (nSPS) is 15.2. The van der Waals surface area contributed by atoms with Crippen LogP contribution >= 0.6 is 0 Å². The molecule has 1 aliphatic heterocycles. The van der Waals surface area contributed by atoms with E-state index in [0.29, 0.717) is 43.0 Å². The second-order valence-electron chi connectivity index (χ2n) is 14.6. The van der Waals surface area contributed by atoms with E-state index in [2.05, 4.69) is 10.4 Å². The monoisotopic (exact) mass is 688 g/mol. The number of aromatic nitrogens is 3. The number of rotatable bonds is 7. The van der Waals surface area contributed by atoms with Gasteiger partial charge in [-0.05, 0) is 103 Å². The minimum absolute atomic E-state index is 0.0421. The van der Waals surface area contributed by atoms with Crippen LogP contribution in [0, 0.1) is 5.82 Å². The van der Waals surface area contributed by atoms with Crippen LogP contribution < -0.4 is 15.0 Å². The van der Waals surface area contributed by atoms with E-state index < -0.39 is 35.1 Å². The molecule has 4 aromatic rings. The molecule has 2 aromatic carbocycles. The maximum atomic E-state index is 14.1. The number of carbonyl (C=O) groups is 3. The number of hydrogen-bond donors (Lipinski definition) is 1. The summed E-state index contributed by atoms with van der Waals surface area (Å²) in [5.41, 5.74) is 0.861. The summed E-state index contributed by atoms with van der Waals surface area (Å²) in [5, 5.41) is 7.44. The van der Waals surface area contributed by atoms with Crippen molar-refractivity contribution < 1.29 is 33.0 Å². The van der Waals surface area contributed by atoms with Crippen LogP contribution in [-0.4, -0.2) is 68.0 Å². The van der Waals surface area contributed by atoms with Gasteiger partial charge in [-0.1, -0.05) is 19.9 Å². The van der Waals surface area contributed by atoms with Gasteiger partial charge in [0.25, 0.3) is 5.91 Å². The number of anilines is 3. The van der Waals surface area contributed by atoms with Crippen molar-refractivity contribution in [3.63, 3.8) is 0 Å². The molecule has 1 atom stereocenters. The molecule has 1 saturated heterocycles. The van der Waals surface area contributed by atoms with E-state index >= 15 is 0 Å². The van der Waals surface area contributed by atoms with Gasteiger partial charge in [0.15, 0.2) is 11.5 Å². The van der Waals surface area contributed by atoms with E-state index in [1.165, 1.54) is 29.2 Å². The van der Waals surface area contributed by atoms with Crippen LogP contribution in [0.2, 0.25) is 0 Å². The molecule has 13 heteroatoms. The first-order chi connectivity index (χ1) is 23.5. The molecule has 0 aliphatic carbocycles. The lowest BCUT2D eigenvalue weighted by molar-refractivity contribution is 0.00720. The van der Waals surface area contributed by atoms with E-state index in [1.54, 1.807) is 66.7 Å². The Bertz CT molecular complexity index is 1860. The third-order valence-corrected chi connectivity index (χ3v) is 7.67. The van der Waals surface area contributed by atoms with E-state index in [9.17, 15) is 18.8 Å². The van der Waals surface area contributed by atoms with Crippen LogP contribution in [0.25, 0.3) is 5.65 Å². The number of nitrogens with zero attached hydrogens (tertiary/aromatic N) is 5. The summed E-state index contributed by atoms with van der Waals surface area (Å²) in [6, 6.07) is 13.5. The van der Waals surface area contributed by atoms with Crippen molar-refractivity contribution in [3.05, 3.63) is 77.7 Å². The van der Waals surface area contributed by atoms with Crippen molar-refractivity contribution in [1.82, 2.24) is 19.5 Å². The lowest BCUT2D eigenvalue weighted by atomic mass is 10.1. The van der Waals surface area contributed by atoms with E-state index in [-0.39, 0.29) is 29.3 Å². The molecule has 0 spiro atoms. The number of hydrogen-bond acceptors (Lipinski definition) is 8. The van der Waals surface area contributed by atoms with Gasteiger partial charge >= 0.3 is 12.2 Å². The summed E-state index contributed by atoms with van der Waals surface area (Å²) in [4.78, 5) is 47.8. The van der Waals surface area contributed by atoms with Gasteiger partial charge in [-0.25, -0.2) is 18.9 Å². The van der Waals surface area contributed by atoms with E-state index in [4.69, 9.17) is 19.2 Å². The number of carbonyl (C=O) groups excluding carboxylic acids is 3. The Labute approximate surface area is 291 Å². The van der Waals surface area contributed by atoms with Gasteiger partial charge in [-0.15, -0.1) is 0 Å². The SMILES string of the molecule is CC(C)c1cnn2c(N(C(=O)OC(C)(C)C)c3cccc(NC(=O)c4ccc(F)cc4)c3)cc(O[C@H]3CCCN(C(=O)OC(C)(C)C)C3)nc12. The summed E-state index contributed by atoms with van der Waals surface area (Å²) >= 11 is 0. The average molecular weight is 689 g/mol. The average Bonchev–Trinajstić information content (AvgIpc) is 3.45. The van der Waals surface area contributed by atoms with Gasteiger partial charge in [-0.2, -0.15) is 14.6 Å². The third kappa shape index (κ3) is 8.87. The highest BCUT2D eigenvalue weighted by Crippen LogP contribution is 2.34. The zero-order chi connectivity index (χ0) is 36.4. The van der Waals surface area contributed by atoms with Crippen LogP contribution in [0.5, 0.6) is 5.88 Å². The zero-order valence-corrected chi connectivity index (χ0v) is 29.8. The van der Waals surface area contributed by atoms with Gasteiger partial charge in [0.2, 0.25) is 5.88 Å². The van der Waals surface area contributed by atoms with E-state index in [0.717, 1.165) is 5.56 Å². The molecule has 0 bridgehead atoms. The lowest BCUT2D eigenvalue weighted by Crippen LogP contribution is -2.46. The Morgan fingerprint density at radius 1 is 0.980 bits per heavy atom. The van der Waals surface area contributed by atoms with Crippen LogP contribution in [0.3, 0.4) is 0 Å². The highest BCUT2D eigenvalue weighted by molar-refractivity contribution is 6.05. The second-order valence-corrected chi connectivity index (χ2v) is 14.6. The number of halogens is 1. The minimum atomic E-state index is -0.852. The van der Waals surface area contributed by atoms with Crippen molar-refractivity contribution in [2.75, 3.05) is 23.3 Å². The number of piperidine rings is 1. The Kier molecular flexibility index (Phi) is 10.4. The lowest BCUT2D eigenvalue weighted by Gasteiger charge is -2.34. The zero-order valence-electron chi connectivity index (χ0n) is 29.8. The number of fused-ring (bicyclic) bond motifs is 1. The fraction of sp³-hybridized carbons (Fsp3) is 0.432. The molecule has 0 unspecified atom stereocenters. The number of likely N-dealkylation sites (tertiary alicyclic amines) is 1. The van der Waals surface area contributed by atoms with Gasteiger partial charge in [0.1, 0.15) is 23.1 Å².